The van der Waals surface area contributed by atoms with Crippen molar-refractivity contribution in [1.82, 2.24) is 0 Å². The summed E-state index contributed by atoms with van der Waals surface area (Å²) in [6.07, 6.45) is 5.49. The number of fused-ring (bicyclic) bond motifs is 1. The Labute approximate surface area is 172 Å². The molecule has 1 aromatic carbocycles. The quantitative estimate of drug-likeness (QED) is 0.559. The van der Waals surface area contributed by atoms with Gasteiger partial charge in [-0.3, -0.25) is 9.59 Å². The molecule has 1 aromatic rings. The highest BCUT2D eigenvalue weighted by molar-refractivity contribution is 5.84. The highest BCUT2D eigenvalue weighted by Gasteiger charge is 2.46. The van der Waals surface area contributed by atoms with E-state index in [1.807, 2.05) is 24.3 Å². The maximum atomic E-state index is 13.0. The fraction of sp³-hybridized carbons (Fsp3) is 0.652. The maximum Gasteiger partial charge on any atom is 0.313 e. The Balaban J connectivity index is 1.44. The minimum absolute atomic E-state index is 0.0589. The number of benzene rings is 1. The number of hydrogen-bond donors (Lipinski definition) is 0. The van der Waals surface area contributed by atoms with Crippen LogP contribution in [0, 0.1) is 11.8 Å². The first-order valence-corrected chi connectivity index (χ1v) is 10.8. The van der Waals surface area contributed by atoms with Crippen LogP contribution in [0.1, 0.15) is 50.2 Å². The molecule has 5 atom stereocenters. The minimum Gasteiger partial charge on any atom is -0.496 e. The lowest BCUT2D eigenvalue weighted by atomic mass is 9.82. The van der Waals surface area contributed by atoms with Gasteiger partial charge in [0.2, 0.25) is 0 Å². The molecular formula is C23H32NO5+. The lowest BCUT2D eigenvalue weighted by Crippen LogP contribution is -2.61. The molecule has 0 amide bonds. The molecule has 1 unspecified atom stereocenters. The van der Waals surface area contributed by atoms with E-state index in [2.05, 4.69) is 7.05 Å². The summed E-state index contributed by atoms with van der Waals surface area (Å²) in [6, 6.07) is 7.95. The van der Waals surface area contributed by atoms with Crippen LogP contribution in [-0.4, -0.2) is 56.3 Å². The predicted octanol–water partition coefficient (Wildman–Crippen LogP) is 3.25. The normalized spacial score (nSPS) is 34.2. The van der Waals surface area contributed by atoms with Crippen molar-refractivity contribution >= 4 is 11.9 Å². The predicted molar refractivity (Wildman–Crippen MR) is 107 cm³/mol. The topological polar surface area (TPSA) is 61.8 Å². The molecular weight excluding hydrogens is 370 g/mol. The van der Waals surface area contributed by atoms with E-state index >= 15 is 0 Å². The van der Waals surface area contributed by atoms with Crippen molar-refractivity contribution in [2.45, 2.75) is 50.7 Å². The van der Waals surface area contributed by atoms with E-state index in [4.69, 9.17) is 14.2 Å². The first-order valence-electron chi connectivity index (χ1n) is 10.8. The number of para-hydroxylation sites is 1. The number of methoxy groups -OCH3 is 1. The lowest BCUT2D eigenvalue weighted by Gasteiger charge is -2.51. The third-order valence-corrected chi connectivity index (χ3v) is 7.21. The SMILES string of the molecule is COc1ccccc1[C@H]1OC(=O)C[C@@H]1C(=O)OC[C@@H]1CCC[N+]2(C)CCCC[C@H]12. The number of carbonyl (C=O) groups excluding carboxylic acids is 2. The van der Waals surface area contributed by atoms with Crippen molar-refractivity contribution < 1.29 is 28.3 Å². The zero-order valence-corrected chi connectivity index (χ0v) is 17.5. The Morgan fingerprint density at radius 3 is 2.79 bits per heavy atom. The first kappa shape index (κ1) is 20.2. The zero-order valence-electron chi connectivity index (χ0n) is 17.5. The molecule has 0 spiro atoms. The number of nitrogens with zero attached hydrogens (tertiary/aromatic N) is 1. The highest BCUT2D eigenvalue weighted by Crippen LogP contribution is 2.41. The van der Waals surface area contributed by atoms with Crippen LogP contribution in [0.5, 0.6) is 5.75 Å². The second-order valence-corrected chi connectivity index (χ2v) is 8.99. The number of cyclic esters (lactones) is 1. The molecule has 0 aromatic heterocycles. The van der Waals surface area contributed by atoms with E-state index in [1.165, 1.54) is 38.8 Å². The van der Waals surface area contributed by atoms with Crippen LogP contribution in [0.15, 0.2) is 24.3 Å². The molecule has 6 heteroatoms. The van der Waals surface area contributed by atoms with Gasteiger partial charge in [0.05, 0.1) is 46.3 Å². The van der Waals surface area contributed by atoms with Crippen LogP contribution < -0.4 is 4.74 Å². The van der Waals surface area contributed by atoms with Gasteiger partial charge in [-0.15, -0.1) is 0 Å². The fourth-order valence-corrected chi connectivity index (χ4v) is 5.67. The average Bonchev–Trinajstić information content (AvgIpc) is 3.13. The van der Waals surface area contributed by atoms with Gasteiger partial charge >= 0.3 is 11.9 Å². The molecule has 4 rings (SSSR count). The number of piperidine rings is 2. The average molecular weight is 403 g/mol. The summed E-state index contributed by atoms with van der Waals surface area (Å²) in [5, 5.41) is 0. The maximum absolute atomic E-state index is 13.0. The molecule has 0 N–H and O–H groups in total. The van der Waals surface area contributed by atoms with E-state index in [0.29, 0.717) is 24.3 Å². The monoisotopic (exact) mass is 402 g/mol. The van der Waals surface area contributed by atoms with E-state index < -0.39 is 12.0 Å². The van der Waals surface area contributed by atoms with Gasteiger partial charge in [-0.2, -0.15) is 0 Å². The van der Waals surface area contributed by atoms with Gasteiger partial charge < -0.3 is 18.7 Å². The summed E-state index contributed by atoms with van der Waals surface area (Å²) in [7, 11) is 3.93. The fourth-order valence-electron chi connectivity index (χ4n) is 5.67. The van der Waals surface area contributed by atoms with Crippen molar-refractivity contribution in [3.8, 4) is 5.75 Å². The smallest absolute Gasteiger partial charge is 0.313 e. The lowest BCUT2D eigenvalue weighted by molar-refractivity contribution is -0.947. The van der Waals surface area contributed by atoms with Gasteiger partial charge in [0.1, 0.15) is 17.8 Å². The second-order valence-electron chi connectivity index (χ2n) is 8.99. The number of ether oxygens (including phenoxy) is 3. The molecule has 0 aliphatic carbocycles. The summed E-state index contributed by atoms with van der Waals surface area (Å²) >= 11 is 0. The Hall–Kier alpha value is -2.08. The molecule has 3 aliphatic heterocycles. The number of carbonyl (C=O) groups is 2. The number of quaternary nitrogens is 1. The molecule has 3 heterocycles. The summed E-state index contributed by atoms with van der Waals surface area (Å²) in [4.78, 5) is 25.0. The van der Waals surface area contributed by atoms with E-state index in [0.717, 1.165) is 16.5 Å². The van der Waals surface area contributed by atoms with E-state index in [9.17, 15) is 9.59 Å². The van der Waals surface area contributed by atoms with Crippen LogP contribution in [0.2, 0.25) is 0 Å². The van der Waals surface area contributed by atoms with Crippen molar-refractivity contribution in [1.29, 1.82) is 0 Å². The van der Waals surface area contributed by atoms with Crippen LogP contribution >= 0.6 is 0 Å². The van der Waals surface area contributed by atoms with Gasteiger partial charge in [-0.25, -0.2) is 0 Å². The molecule has 6 nitrogen and oxygen atoms in total. The molecule has 0 radical (unpaired) electrons. The summed E-state index contributed by atoms with van der Waals surface area (Å²) in [5.74, 6) is -0.290. The second kappa shape index (κ2) is 8.34. The van der Waals surface area contributed by atoms with Crippen LogP contribution in [0.3, 0.4) is 0 Å². The minimum atomic E-state index is -0.645. The molecule has 0 saturated carbocycles. The molecule has 0 bridgehead atoms. The molecule has 29 heavy (non-hydrogen) atoms. The van der Waals surface area contributed by atoms with Gasteiger partial charge in [0, 0.05) is 17.9 Å². The Kier molecular flexibility index (Phi) is 5.81. The van der Waals surface area contributed by atoms with Crippen LogP contribution in [0.4, 0.5) is 0 Å². The third kappa shape index (κ3) is 4.00. The van der Waals surface area contributed by atoms with Gasteiger partial charge in [-0.05, 0) is 31.7 Å². The van der Waals surface area contributed by atoms with Crippen LogP contribution in [0.25, 0.3) is 0 Å². The Bertz CT molecular complexity index is 761. The van der Waals surface area contributed by atoms with Gasteiger partial charge in [-0.1, -0.05) is 18.2 Å². The van der Waals surface area contributed by atoms with Crippen molar-refractivity contribution in [3.63, 3.8) is 0 Å². The zero-order chi connectivity index (χ0) is 20.4. The Morgan fingerprint density at radius 1 is 1.17 bits per heavy atom. The molecule has 158 valence electrons. The van der Waals surface area contributed by atoms with Crippen LogP contribution in [-0.2, 0) is 19.1 Å². The standard InChI is InChI=1S/C23H32NO5/c1-24-12-6-5-10-19(24)16(8-7-13-24)15-28-23(26)18-14-21(25)29-22(18)17-9-3-4-11-20(17)27-2/h3-4,9,11,16,18-19,22H,5-8,10,12-15H2,1-2H3/q+1/t16-,18-,19+,22+,24?/m0/s1. The summed E-state index contributed by atoms with van der Waals surface area (Å²) in [6.45, 7) is 2.91. The number of rotatable bonds is 5. The summed E-state index contributed by atoms with van der Waals surface area (Å²) < 4.78 is 17.8. The van der Waals surface area contributed by atoms with E-state index in [-0.39, 0.29) is 18.4 Å². The molecule has 3 aliphatic rings. The van der Waals surface area contributed by atoms with Gasteiger partial charge in [0.15, 0.2) is 0 Å². The van der Waals surface area contributed by atoms with Crippen molar-refractivity contribution in [3.05, 3.63) is 29.8 Å². The van der Waals surface area contributed by atoms with Crippen molar-refractivity contribution in [2.24, 2.45) is 11.8 Å². The highest BCUT2D eigenvalue weighted by atomic mass is 16.6. The van der Waals surface area contributed by atoms with Crippen molar-refractivity contribution in [2.75, 3.05) is 33.9 Å². The number of esters is 2. The largest absolute Gasteiger partial charge is 0.496 e. The Morgan fingerprint density at radius 2 is 1.97 bits per heavy atom. The first-order chi connectivity index (χ1) is 14.0. The third-order valence-electron chi connectivity index (χ3n) is 7.21. The number of hydrogen-bond acceptors (Lipinski definition) is 5. The van der Waals surface area contributed by atoms with E-state index in [1.54, 1.807) is 7.11 Å². The van der Waals surface area contributed by atoms with Gasteiger partial charge in [0.25, 0.3) is 0 Å². The summed E-state index contributed by atoms with van der Waals surface area (Å²) in [5.41, 5.74) is 0.719. The molecule has 3 fully saturated rings. The molecule has 3 saturated heterocycles.